The standard InChI is InChI=1S/C19H26N4O2/c24-18(20-11-6-14-22-12-4-5-13-22)15-23-19(25)10-9-17(21-23)16-7-2-1-3-8-16/h1-3,7-9,21H,4-6,10-15H2,(H,20,24). The average molecular weight is 342 g/mol. The number of carbonyl (C=O) groups excluding carboxylic acids is 2. The molecule has 2 N–H and O–H groups in total. The molecule has 0 spiro atoms. The Morgan fingerprint density at radius 2 is 1.92 bits per heavy atom. The van der Waals surface area contributed by atoms with E-state index < -0.39 is 0 Å². The summed E-state index contributed by atoms with van der Waals surface area (Å²) in [5.41, 5.74) is 4.93. The topological polar surface area (TPSA) is 64.7 Å². The van der Waals surface area contributed by atoms with E-state index in [0.29, 0.717) is 13.0 Å². The summed E-state index contributed by atoms with van der Waals surface area (Å²) >= 11 is 0. The molecule has 1 aromatic carbocycles. The maximum absolute atomic E-state index is 12.1. The molecule has 0 saturated carbocycles. The van der Waals surface area contributed by atoms with Crippen LogP contribution >= 0.6 is 0 Å². The third-order valence-electron chi connectivity index (χ3n) is 4.60. The highest BCUT2D eigenvalue weighted by Gasteiger charge is 2.21. The number of nitrogens with one attached hydrogen (secondary N) is 2. The summed E-state index contributed by atoms with van der Waals surface area (Å²) < 4.78 is 0. The quantitative estimate of drug-likeness (QED) is 0.735. The second kappa shape index (κ2) is 8.67. The van der Waals surface area contributed by atoms with Gasteiger partial charge in [0.1, 0.15) is 6.54 Å². The Morgan fingerprint density at radius 3 is 2.68 bits per heavy atom. The molecule has 1 fully saturated rings. The van der Waals surface area contributed by atoms with Crippen LogP contribution in [0, 0.1) is 0 Å². The molecule has 1 aromatic rings. The third-order valence-corrected chi connectivity index (χ3v) is 4.60. The van der Waals surface area contributed by atoms with E-state index in [1.807, 2.05) is 36.4 Å². The van der Waals surface area contributed by atoms with E-state index in [9.17, 15) is 9.59 Å². The smallest absolute Gasteiger partial charge is 0.245 e. The molecule has 0 unspecified atom stereocenters. The number of amides is 2. The third kappa shape index (κ3) is 5.06. The maximum atomic E-state index is 12.1. The largest absolute Gasteiger partial charge is 0.354 e. The molecule has 0 aliphatic carbocycles. The Bertz CT molecular complexity index is 624. The van der Waals surface area contributed by atoms with Gasteiger partial charge in [0.15, 0.2) is 0 Å². The van der Waals surface area contributed by atoms with Crippen molar-refractivity contribution < 1.29 is 9.59 Å². The van der Waals surface area contributed by atoms with Crippen LogP contribution in [0.25, 0.3) is 5.70 Å². The van der Waals surface area contributed by atoms with Crippen LogP contribution in [-0.2, 0) is 9.59 Å². The van der Waals surface area contributed by atoms with Crippen molar-refractivity contribution in [3.05, 3.63) is 42.0 Å². The van der Waals surface area contributed by atoms with Crippen molar-refractivity contribution in [3.8, 4) is 0 Å². The summed E-state index contributed by atoms with van der Waals surface area (Å²) in [7, 11) is 0. The van der Waals surface area contributed by atoms with Gasteiger partial charge in [-0.05, 0) is 50.5 Å². The van der Waals surface area contributed by atoms with Gasteiger partial charge in [0.25, 0.3) is 0 Å². The molecule has 2 heterocycles. The highest BCUT2D eigenvalue weighted by Crippen LogP contribution is 2.16. The van der Waals surface area contributed by atoms with Gasteiger partial charge in [0.05, 0.1) is 5.70 Å². The van der Waals surface area contributed by atoms with E-state index >= 15 is 0 Å². The molecular formula is C19H26N4O2. The van der Waals surface area contributed by atoms with Gasteiger partial charge in [0.2, 0.25) is 11.8 Å². The van der Waals surface area contributed by atoms with E-state index in [1.165, 1.54) is 30.9 Å². The minimum absolute atomic E-state index is 0.0344. The van der Waals surface area contributed by atoms with Crippen molar-refractivity contribution in [2.75, 3.05) is 32.7 Å². The van der Waals surface area contributed by atoms with Crippen LogP contribution in [0.15, 0.2) is 36.4 Å². The average Bonchev–Trinajstić information content (AvgIpc) is 3.15. The number of hydrogen-bond donors (Lipinski definition) is 2. The minimum atomic E-state index is -0.128. The van der Waals surface area contributed by atoms with Crippen molar-refractivity contribution in [2.24, 2.45) is 0 Å². The number of rotatable bonds is 7. The van der Waals surface area contributed by atoms with E-state index in [-0.39, 0.29) is 18.4 Å². The summed E-state index contributed by atoms with van der Waals surface area (Å²) in [6.45, 7) is 4.07. The van der Waals surface area contributed by atoms with Gasteiger partial charge in [-0.25, -0.2) is 5.01 Å². The molecule has 0 atom stereocenters. The molecule has 0 radical (unpaired) electrons. The maximum Gasteiger partial charge on any atom is 0.245 e. The second-order valence-electron chi connectivity index (χ2n) is 6.53. The molecule has 2 aliphatic rings. The number of carbonyl (C=O) groups is 2. The number of benzene rings is 1. The molecule has 3 rings (SSSR count). The first-order valence-electron chi connectivity index (χ1n) is 9.04. The molecule has 2 amide bonds. The Balaban J connectivity index is 1.42. The molecule has 134 valence electrons. The summed E-state index contributed by atoms with van der Waals surface area (Å²) in [6.07, 6.45) is 5.68. The number of hydrazine groups is 1. The fourth-order valence-electron chi connectivity index (χ4n) is 3.22. The first-order valence-corrected chi connectivity index (χ1v) is 9.04. The highest BCUT2D eigenvalue weighted by molar-refractivity contribution is 5.88. The lowest BCUT2D eigenvalue weighted by Crippen LogP contribution is -2.49. The summed E-state index contributed by atoms with van der Waals surface area (Å²) in [4.78, 5) is 26.6. The van der Waals surface area contributed by atoms with Gasteiger partial charge in [-0.2, -0.15) is 0 Å². The van der Waals surface area contributed by atoms with Crippen molar-refractivity contribution >= 4 is 17.5 Å². The molecule has 6 heteroatoms. The van der Waals surface area contributed by atoms with Crippen LogP contribution in [-0.4, -0.2) is 54.4 Å². The van der Waals surface area contributed by atoms with Gasteiger partial charge in [0, 0.05) is 13.0 Å². The lowest BCUT2D eigenvalue weighted by atomic mass is 10.1. The normalized spacial score (nSPS) is 18.0. The summed E-state index contributed by atoms with van der Waals surface area (Å²) in [5, 5.41) is 4.31. The fraction of sp³-hybridized carbons (Fsp3) is 0.474. The van der Waals surface area contributed by atoms with Gasteiger partial charge in [-0.1, -0.05) is 30.3 Å². The SMILES string of the molecule is O=C(CN1NC(c2ccccc2)=CCC1=O)NCCCN1CCCC1. The molecule has 2 aliphatic heterocycles. The van der Waals surface area contributed by atoms with Crippen LogP contribution < -0.4 is 10.7 Å². The Morgan fingerprint density at radius 1 is 1.16 bits per heavy atom. The predicted octanol–water partition coefficient (Wildman–Crippen LogP) is 1.37. The van der Waals surface area contributed by atoms with Crippen LogP contribution in [0.4, 0.5) is 0 Å². The lowest BCUT2D eigenvalue weighted by molar-refractivity contribution is -0.137. The Kier molecular flexibility index (Phi) is 6.06. The first-order chi connectivity index (χ1) is 12.2. The Hall–Kier alpha value is -2.34. The Labute approximate surface area is 148 Å². The molecular weight excluding hydrogens is 316 g/mol. The molecule has 6 nitrogen and oxygen atoms in total. The molecule has 0 bridgehead atoms. The van der Waals surface area contributed by atoms with Crippen molar-refractivity contribution in [1.29, 1.82) is 0 Å². The molecule has 1 saturated heterocycles. The van der Waals surface area contributed by atoms with Crippen molar-refractivity contribution in [1.82, 2.24) is 20.7 Å². The fourth-order valence-corrected chi connectivity index (χ4v) is 3.22. The minimum Gasteiger partial charge on any atom is -0.354 e. The van der Waals surface area contributed by atoms with Crippen LogP contribution in [0.1, 0.15) is 31.2 Å². The van der Waals surface area contributed by atoms with Crippen molar-refractivity contribution in [2.45, 2.75) is 25.7 Å². The van der Waals surface area contributed by atoms with Crippen molar-refractivity contribution in [3.63, 3.8) is 0 Å². The van der Waals surface area contributed by atoms with Gasteiger partial charge >= 0.3 is 0 Å². The second-order valence-corrected chi connectivity index (χ2v) is 6.53. The van der Waals surface area contributed by atoms with Crippen LogP contribution in [0.2, 0.25) is 0 Å². The number of nitrogens with zero attached hydrogens (tertiary/aromatic N) is 2. The lowest BCUT2D eigenvalue weighted by Gasteiger charge is -2.28. The highest BCUT2D eigenvalue weighted by atomic mass is 16.2. The zero-order valence-electron chi connectivity index (χ0n) is 14.5. The van der Waals surface area contributed by atoms with E-state index in [0.717, 1.165) is 24.2 Å². The van der Waals surface area contributed by atoms with Gasteiger partial charge < -0.3 is 10.2 Å². The predicted molar refractivity (Wildman–Crippen MR) is 97.2 cm³/mol. The number of hydrogen-bond acceptors (Lipinski definition) is 4. The van der Waals surface area contributed by atoms with Gasteiger partial charge in [-0.15, -0.1) is 0 Å². The molecule has 0 aromatic heterocycles. The first kappa shape index (κ1) is 17.5. The van der Waals surface area contributed by atoms with E-state index in [1.54, 1.807) is 0 Å². The van der Waals surface area contributed by atoms with Gasteiger partial charge in [-0.3, -0.25) is 15.0 Å². The monoisotopic (exact) mass is 342 g/mol. The van der Waals surface area contributed by atoms with E-state index in [2.05, 4.69) is 15.6 Å². The molecule has 25 heavy (non-hydrogen) atoms. The number of likely N-dealkylation sites (tertiary alicyclic amines) is 1. The van der Waals surface area contributed by atoms with Crippen LogP contribution in [0.3, 0.4) is 0 Å². The zero-order valence-corrected chi connectivity index (χ0v) is 14.5. The summed E-state index contributed by atoms with van der Waals surface area (Å²) in [5.74, 6) is -0.219. The van der Waals surface area contributed by atoms with E-state index in [4.69, 9.17) is 0 Å². The summed E-state index contributed by atoms with van der Waals surface area (Å²) in [6, 6.07) is 9.80. The van der Waals surface area contributed by atoms with Crippen LogP contribution in [0.5, 0.6) is 0 Å². The zero-order chi connectivity index (χ0) is 17.5.